The van der Waals surface area contributed by atoms with Crippen LogP contribution < -0.4 is 0 Å². The first-order valence-electron chi connectivity index (χ1n) is 14.6. The van der Waals surface area contributed by atoms with Gasteiger partial charge in [-0.3, -0.25) is 9.59 Å². The molecule has 41 heavy (non-hydrogen) atoms. The lowest BCUT2D eigenvalue weighted by Gasteiger charge is -2.38. The molecule has 0 unspecified atom stereocenters. The summed E-state index contributed by atoms with van der Waals surface area (Å²) in [6, 6.07) is 28.5. The molecule has 2 atom stereocenters. The zero-order valence-electron chi connectivity index (χ0n) is 24.8. The monoisotopic (exact) mass is 564 g/mol. The van der Waals surface area contributed by atoms with Gasteiger partial charge in [-0.2, -0.15) is 0 Å². The van der Waals surface area contributed by atoms with Crippen molar-refractivity contribution in [2.45, 2.75) is 65.0 Å². The minimum absolute atomic E-state index is 0.0127. The molecule has 0 aliphatic carbocycles. The average molecular weight is 565 g/mol. The summed E-state index contributed by atoms with van der Waals surface area (Å²) in [5, 5.41) is 2.13. The molecule has 0 bridgehead atoms. The third kappa shape index (κ3) is 6.15. The lowest BCUT2D eigenvalue weighted by molar-refractivity contribution is -0.134. The van der Waals surface area contributed by atoms with E-state index in [0.717, 1.165) is 29.5 Å². The first-order valence-corrected chi connectivity index (χ1v) is 15.5. The summed E-state index contributed by atoms with van der Waals surface area (Å²) in [7, 11) is 0. The molecule has 4 nitrogen and oxygen atoms in total. The number of nitrogens with zero attached hydrogens (tertiary/aromatic N) is 2. The van der Waals surface area contributed by atoms with Crippen LogP contribution in [0.15, 0.2) is 90.3 Å². The van der Waals surface area contributed by atoms with Gasteiger partial charge in [0.25, 0.3) is 5.91 Å². The molecule has 1 aliphatic heterocycles. The second kappa shape index (κ2) is 12.0. The van der Waals surface area contributed by atoms with Crippen LogP contribution in [0.2, 0.25) is 0 Å². The maximum absolute atomic E-state index is 14.1. The molecule has 0 spiro atoms. The molecular weight excluding hydrogens is 524 g/mol. The Morgan fingerprint density at radius 3 is 2.22 bits per heavy atom. The molecule has 0 N–H and O–H groups in total. The SMILES string of the molecule is CC[C@@H](C)N(CC(=O)N1CCc2sccc2[C@H]1c1ccc(C(C)(C)C)cc1)C(=O)c1ccc(-c2ccccc2)cc1. The fraction of sp³-hybridized carbons (Fsp3) is 0.333. The molecule has 0 fully saturated rings. The highest BCUT2D eigenvalue weighted by Gasteiger charge is 2.35. The molecule has 0 radical (unpaired) electrons. The van der Waals surface area contributed by atoms with Crippen molar-refractivity contribution in [3.8, 4) is 11.1 Å². The number of carbonyl (C=O) groups is 2. The average Bonchev–Trinajstić information content (AvgIpc) is 3.48. The third-order valence-electron chi connectivity index (χ3n) is 8.31. The van der Waals surface area contributed by atoms with Crippen molar-refractivity contribution in [1.82, 2.24) is 9.80 Å². The molecule has 1 aliphatic rings. The van der Waals surface area contributed by atoms with Crippen molar-refractivity contribution in [1.29, 1.82) is 0 Å². The van der Waals surface area contributed by atoms with Crippen LogP contribution in [0.3, 0.4) is 0 Å². The van der Waals surface area contributed by atoms with Crippen LogP contribution in [0.4, 0.5) is 0 Å². The fourth-order valence-electron chi connectivity index (χ4n) is 5.60. The van der Waals surface area contributed by atoms with E-state index in [9.17, 15) is 9.59 Å². The zero-order chi connectivity index (χ0) is 29.1. The van der Waals surface area contributed by atoms with E-state index in [4.69, 9.17) is 0 Å². The summed E-state index contributed by atoms with van der Waals surface area (Å²) in [6.07, 6.45) is 1.61. The minimum Gasteiger partial charge on any atom is -0.330 e. The van der Waals surface area contributed by atoms with Gasteiger partial charge in [0.15, 0.2) is 0 Å². The van der Waals surface area contributed by atoms with Gasteiger partial charge in [-0.05, 0) is 76.6 Å². The predicted molar refractivity (Wildman–Crippen MR) is 169 cm³/mol. The van der Waals surface area contributed by atoms with Crippen molar-refractivity contribution in [3.05, 3.63) is 117 Å². The maximum Gasteiger partial charge on any atom is 0.254 e. The van der Waals surface area contributed by atoms with Crippen molar-refractivity contribution >= 4 is 23.2 Å². The van der Waals surface area contributed by atoms with Crippen molar-refractivity contribution in [3.63, 3.8) is 0 Å². The molecule has 5 heteroatoms. The molecule has 4 aromatic rings. The second-order valence-corrected chi connectivity index (χ2v) is 13.0. The predicted octanol–water partition coefficient (Wildman–Crippen LogP) is 8.13. The number of fused-ring (bicyclic) bond motifs is 1. The van der Waals surface area contributed by atoms with Crippen LogP contribution in [0.25, 0.3) is 11.1 Å². The molecular formula is C36H40N2O2S. The van der Waals surface area contributed by atoms with Gasteiger partial charge in [0.05, 0.1) is 6.04 Å². The summed E-state index contributed by atoms with van der Waals surface area (Å²) in [4.78, 5) is 33.0. The summed E-state index contributed by atoms with van der Waals surface area (Å²) < 4.78 is 0. The number of benzene rings is 3. The Kier molecular flexibility index (Phi) is 8.46. The van der Waals surface area contributed by atoms with Crippen molar-refractivity contribution < 1.29 is 9.59 Å². The normalized spacial score (nSPS) is 15.7. The van der Waals surface area contributed by atoms with Crippen LogP contribution >= 0.6 is 11.3 Å². The number of rotatable bonds is 7. The number of amides is 2. The largest absolute Gasteiger partial charge is 0.330 e. The number of thiophene rings is 1. The zero-order valence-corrected chi connectivity index (χ0v) is 25.6. The minimum atomic E-state index is -0.148. The Morgan fingerprint density at radius 2 is 1.59 bits per heavy atom. The number of carbonyl (C=O) groups excluding carboxylic acids is 2. The van der Waals surface area contributed by atoms with E-state index in [1.165, 1.54) is 16.0 Å². The molecule has 3 aromatic carbocycles. The van der Waals surface area contributed by atoms with Gasteiger partial charge in [0.2, 0.25) is 5.91 Å². The molecule has 2 heterocycles. The highest BCUT2D eigenvalue weighted by Crippen LogP contribution is 2.38. The molecule has 0 saturated heterocycles. The van der Waals surface area contributed by atoms with Gasteiger partial charge in [-0.15, -0.1) is 11.3 Å². The van der Waals surface area contributed by atoms with Crippen LogP contribution in [0.1, 0.15) is 79.0 Å². The quantitative estimate of drug-likeness (QED) is 0.227. The van der Waals surface area contributed by atoms with Crippen LogP contribution in [0, 0.1) is 0 Å². The Morgan fingerprint density at radius 1 is 0.927 bits per heavy atom. The highest BCUT2D eigenvalue weighted by molar-refractivity contribution is 7.10. The third-order valence-corrected chi connectivity index (χ3v) is 9.30. The summed E-state index contributed by atoms with van der Waals surface area (Å²) in [5.74, 6) is -0.118. The van der Waals surface area contributed by atoms with E-state index < -0.39 is 0 Å². The van der Waals surface area contributed by atoms with E-state index in [2.05, 4.69) is 75.5 Å². The standard InChI is InChI=1S/C36H40N2O2S/c1-6-25(2)38(35(40)29-14-12-27(13-15-29)26-10-8-7-9-11-26)24-33(39)37-22-20-32-31(21-23-41-32)34(37)28-16-18-30(19-17-28)36(3,4)5/h7-19,21,23,25,34H,6,20,22,24H2,1-5H3/t25-,34-/m1/s1. The van der Waals surface area contributed by atoms with Gasteiger partial charge in [-0.1, -0.05) is 94.4 Å². The Hall–Kier alpha value is -3.70. The molecule has 2 amide bonds. The summed E-state index contributed by atoms with van der Waals surface area (Å²) in [5.41, 5.74) is 6.43. The second-order valence-electron chi connectivity index (χ2n) is 12.0. The van der Waals surface area contributed by atoms with Crippen molar-refractivity contribution in [2.24, 2.45) is 0 Å². The van der Waals surface area contributed by atoms with Gasteiger partial charge in [0.1, 0.15) is 6.54 Å². The smallest absolute Gasteiger partial charge is 0.254 e. The lowest BCUT2D eigenvalue weighted by Crippen LogP contribution is -2.49. The Balaban J connectivity index is 1.40. The Bertz CT molecular complexity index is 1480. The van der Waals surface area contributed by atoms with E-state index in [-0.39, 0.29) is 35.9 Å². The van der Waals surface area contributed by atoms with Crippen LogP contribution in [0.5, 0.6) is 0 Å². The molecule has 5 rings (SSSR count). The molecule has 0 saturated carbocycles. The Labute approximate surface area is 248 Å². The number of hydrogen-bond acceptors (Lipinski definition) is 3. The summed E-state index contributed by atoms with van der Waals surface area (Å²) >= 11 is 1.77. The van der Waals surface area contributed by atoms with Gasteiger partial charge in [0, 0.05) is 23.0 Å². The summed E-state index contributed by atoms with van der Waals surface area (Å²) in [6.45, 7) is 11.4. The van der Waals surface area contributed by atoms with Crippen molar-refractivity contribution in [2.75, 3.05) is 13.1 Å². The van der Waals surface area contributed by atoms with E-state index in [1.54, 1.807) is 16.2 Å². The first-order chi connectivity index (χ1) is 19.7. The first kappa shape index (κ1) is 28.8. The molecule has 212 valence electrons. The van der Waals surface area contributed by atoms with Gasteiger partial charge in [-0.25, -0.2) is 0 Å². The van der Waals surface area contributed by atoms with E-state index in [1.807, 2.05) is 54.3 Å². The van der Waals surface area contributed by atoms with Gasteiger partial charge < -0.3 is 9.80 Å². The van der Waals surface area contributed by atoms with E-state index in [0.29, 0.717) is 12.1 Å². The van der Waals surface area contributed by atoms with Gasteiger partial charge >= 0.3 is 0 Å². The highest BCUT2D eigenvalue weighted by atomic mass is 32.1. The topological polar surface area (TPSA) is 40.6 Å². The van der Waals surface area contributed by atoms with E-state index >= 15 is 0 Å². The fourth-order valence-corrected chi connectivity index (χ4v) is 6.50. The number of hydrogen-bond donors (Lipinski definition) is 0. The van der Waals surface area contributed by atoms with Crippen LogP contribution in [-0.2, 0) is 16.6 Å². The maximum atomic E-state index is 14.1. The van der Waals surface area contributed by atoms with Crippen LogP contribution in [-0.4, -0.2) is 40.7 Å². The lowest BCUT2D eigenvalue weighted by atomic mass is 9.85. The molecule has 1 aromatic heterocycles.